The van der Waals surface area contributed by atoms with Crippen molar-refractivity contribution >= 4 is 0 Å². The van der Waals surface area contributed by atoms with Gasteiger partial charge < -0.3 is 10.6 Å². The second-order valence-corrected chi connectivity index (χ2v) is 5.61. The van der Waals surface area contributed by atoms with Crippen molar-refractivity contribution in [1.82, 2.24) is 9.80 Å². The Morgan fingerprint density at radius 2 is 1.71 bits per heavy atom. The van der Waals surface area contributed by atoms with Crippen LogP contribution in [0.3, 0.4) is 0 Å². The van der Waals surface area contributed by atoms with Gasteiger partial charge in [-0.1, -0.05) is 26.7 Å². The molecule has 102 valence electrons. The lowest BCUT2D eigenvalue weighted by molar-refractivity contribution is 0.0802. The van der Waals surface area contributed by atoms with Gasteiger partial charge in [0.25, 0.3) is 0 Å². The minimum atomic E-state index is 0.605. The molecular formula is C14H31N3. The predicted molar refractivity (Wildman–Crippen MR) is 75.2 cm³/mol. The molecule has 0 amide bonds. The fourth-order valence-corrected chi connectivity index (χ4v) is 3.21. The SMILES string of the molecule is CCC(CC)C(CN)N1CCC(N(C)C)CC1. The first-order chi connectivity index (χ1) is 8.13. The summed E-state index contributed by atoms with van der Waals surface area (Å²) in [6, 6.07) is 1.37. The van der Waals surface area contributed by atoms with Crippen LogP contribution in [-0.4, -0.2) is 55.6 Å². The van der Waals surface area contributed by atoms with Gasteiger partial charge in [0.05, 0.1) is 0 Å². The molecule has 1 heterocycles. The van der Waals surface area contributed by atoms with Crippen LogP contribution in [-0.2, 0) is 0 Å². The number of likely N-dealkylation sites (tertiary alicyclic amines) is 1. The molecule has 0 aromatic rings. The van der Waals surface area contributed by atoms with E-state index < -0.39 is 0 Å². The highest BCUT2D eigenvalue weighted by molar-refractivity contribution is 4.85. The van der Waals surface area contributed by atoms with E-state index >= 15 is 0 Å². The number of hydrogen-bond acceptors (Lipinski definition) is 3. The Morgan fingerprint density at radius 1 is 1.18 bits per heavy atom. The van der Waals surface area contributed by atoms with E-state index in [1.54, 1.807) is 0 Å². The summed E-state index contributed by atoms with van der Waals surface area (Å²) in [5, 5.41) is 0. The van der Waals surface area contributed by atoms with E-state index in [1.807, 2.05) is 0 Å². The molecule has 0 saturated carbocycles. The Bertz CT molecular complexity index is 194. The Balaban J connectivity index is 2.50. The van der Waals surface area contributed by atoms with E-state index in [9.17, 15) is 0 Å². The molecule has 0 bridgehead atoms. The summed E-state index contributed by atoms with van der Waals surface area (Å²) in [5.41, 5.74) is 6.00. The topological polar surface area (TPSA) is 32.5 Å². The molecule has 0 aliphatic carbocycles. The molecule has 3 heteroatoms. The monoisotopic (exact) mass is 241 g/mol. The van der Waals surface area contributed by atoms with Gasteiger partial charge in [-0.15, -0.1) is 0 Å². The zero-order valence-electron chi connectivity index (χ0n) is 12.2. The summed E-state index contributed by atoms with van der Waals surface area (Å²) in [5.74, 6) is 0.774. The van der Waals surface area contributed by atoms with Gasteiger partial charge in [0, 0.05) is 18.6 Å². The van der Waals surface area contributed by atoms with E-state index in [1.165, 1.54) is 38.8 Å². The predicted octanol–water partition coefficient (Wildman–Crippen LogP) is 1.78. The molecule has 17 heavy (non-hydrogen) atoms. The third-order valence-electron chi connectivity index (χ3n) is 4.53. The molecule has 1 saturated heterocycles. The molecule has 0 radical (unpaired) electrons. The quantitative estimate of drug-likeness (QED) is 0.769. The molecule has 1 unspecified atom stereocenters. The van der Waals surface area contributed by atoms with Crippen LogP contribution in [0.15, 0.2) is 0 Å². The van der Waals surface area contributed by atoms with Crippen LogP contribution < -0.4 is 5.73 Å². The summed E-state index contributed by atoms with van der Waals surface area (Å²) < 4.78 is 0. The van der Waals surface area contributed by atoms with Gasteiger partial charge in [-0.3, -0.25) is 4.90 Å². The minimum absolute atomic E-state index is 0.605. The van der Waals surface area contributed by atoms with Crippen LogP contribution in [0.25, 0.3) is 0 Å². The fourth-order valence-electron chi connectivity index (χ4n) is 3.21. The van der Waals surface area contributed by atoms with Crippen LogP contribution in [0.2, 0.25) is 0 Å². The van der Waals surface area contributed by atoms with E-state index in [-0.39, 0.29) is 0 Å². The minimum Gasteiger partial charge on any atom is -0.329 e. The molecule has 3 nitrogen and oxygen atoms in total. The summed E-state index contributed by atoms with van der Waals surface area (Å²) in [6.45, 7) is 7.86. The Labute approximate surface area is 107 Å². The lowest BCUT2D eigenvalue weighted by atomic mass is 9.90. The van der Waals surface area contributed by atoms with E-state index in [4.69, 9.17) is 5.73 Å². The van der Waals surface area contributed by atoms with Crippen molar-refractivity contribution in [2.24, 2.45) is 11.7 Å². The first-order valence-electron chi connectivity index (χ1n) is 7.24. The van der Waals surface area contributed by atoms with E-state index in [2.05, 4.69) is 37.7 Å². The largest absolute Gasteiger partial charge is 0.329 e. The van der Waals surface area contributed by atoms with Gasteiger partial charge in [0.1, 0.15) is 0 Å². The molecular weight excluding hydrogens is 210 g/mol. The van der Waals surface area contributed by atoms with Crippen LogP contribution in [0.4, 0.5) is 0 Å². The van der Waals surface area contributed by atoms with Gasteiger partial charge in [0.15, 0.2) is 0 Å². The molecule has 0 aromatic heterocycles. The van der Waals surface area contributed by atoms with Gasteiger partial charge in [0.2, 0.25) is 0 Å². The maximum absolute atomic E-state index is 6.00. The third-order valence-corrected chi connectivity index (χ3v) is 4.53. The molecule has 0 aromatic carbocycles. The van der Waals surface area contributed by atoms with Crippen molar-refractivity contribution in [1.29, 1.82) is 0 Å². The third kappa shape index (κ3) is 3.94. The van der Waals surface area contributed by atoms with Crippen LogP contribution in [0.1, 0.15) is 39.5 Å². The Hall–Kier alpha value is -0.120. The van der Waals surface area contributed by atoms with Crippen molar-refractivity contribution in [3.8, 4) is 0 Å². The normalized spacial score (nSPS) is 21.4. The summed E-state index contributed by atoms with van der Waals surface area (Å²) >= 11 is 0. The highest BCUT2D eigenvalue weighted by Crippen LogP contribution is 2.23. The molecule has 0 spiro atoms. The second kappa shape index (κ2) is 7.34. The average Bonchev–Trinajstić information content (AvgIpc) is 2.36. The number of hydrogen-bond donors (Lipinski definition) is 1. The molecule has 2 N–H and O–H groups in total. The Morgan fingerprint density at radius 3 is 2.06 bits per heavy atom. The van der Waals surface area contributed by atoms with Crippen molar-refractivity contribution < 1.29 is 0 Å². The lowest BCUT2D eigenvalue weighted by Gasteiger charge is -2.41. The van der Waals surface area contributed by atoms with Gasteiger partial charge in [-0.05, 0) is 45.9 Å². The number of nitrogens with zero attached hydrogens (tertiary/aromatic N) is 2. The maximum atomic E-state index is 6.00. The highest BCUT2D eigenvalue weighted by Gasteiger charge is 2.28. The van der Waals surface area contributed by atoms with Crippen molar-refractivity contribution in [2.75, 3.05) is 33.7 Å². The van der Waals surface area contributed by atoms with Crippen LogP contribution in [0, 0.1) is 5.92 Å². The van der Waals surface area contributed by atoms with E-state index in [0.717, 1.165) is 18.5 Å². The zero-order chi connectivity index (χ0) is 12.8. The average molecular weight is 241 g/mol. The molecule has 1 aliphatic heterocycles. The zero-order valence-corrected chi connectivity index (χ0v) is 12.2. The van der Waals surface area contributed by atoms with Crippen LogP contribution in [0.5, 0.6) is 0 Å². The van der Waals surface area contributed by atoms with E-state index in [0.29, 0.717) is 6.04 Å². The first kappa shape index (κ1) is 14.9. The van der Waals surface area contributed by atoms with Crippen LogP contribution >= 0.6 is 0 Å². The number of piperidine rings is 1. The summed E-state index contributed by atoms with van der Waals surface area (Å²) in [6.07, 6.45) is 5.10. The smallest absolute Gasteiger partial charge is 0.0246 e. The van der Waals surface area contributed by atoms with Gasteiger partial charge in [-0.25, -0.2) is 0 Å². The van der Waals surface area contributed by atoms with Gasteiger partial charge in [-0.2, -0.15) is 0 Å². The number of rotatable bonds is 6. The lowest BCUT2D eigenvalue weighted by Crippen LogP contribution is -2.51. The first-order valence-corrected chi connectivity index (χ1v) is 7.24. The molecule has 1 aliphatic rings. The summed E-state index contributed by atoms with van der Waals surface area (Å²) in [4.78, 5) is 5.00. The molecule has 1 atom stereocenters. The van der Waals surface area contributed by atoms with Gasteiger partial charge >= 0.3 is 0 Å². The standard InChI is InChI=1S/C14H31N3/c1-5-12(6-2)14(11-15)17-9-7-13(8-10-17)16(3)4/h12-14H,5-11,15H2,1-4H3. The Kier molecular flexibility index (Phi) is 6.45. The second-order valence-electron chi connectivity index (χ2n) is 5.61. The molecule has 1 fully saturated rings. The highest BCUT2D eigenvalue weighted by atomic mass is 15.2. The van der Waals surface area contributed by atoms with Crippen molar-refractivity contribution in [2.45, 2.75) is 51.6 Å². The summed E-state index contributed by atoms with van der Waals surface area (Å²) in [7, 11) is 4.39. The van der Waals surface area contributed by atoms with Crippen molar-refractivity contribution in [3.05, 3.63) is 0 Å². The molecule has 1 rings (SSSR count). The fraction of sp³-hybridized carbons (Fsp3) is 1.00. The van der Waals surface area contributed by atoms with Crippen molar-refractivity contribution in [3.63, 3.8) is 0 Å². The number of nitrogens with two attached hydrogens (primary N) is 1. The maximum Gasteiger partial charge on any atom is 0.0246 e.